The molecule has 0 spiro atoms. The molecule has 0 fully saturated rings. The molecular formula is C11H16N2O4S. The lowest BCUT2D eigenvalue weighted by molar-refractivity contribution is -0.137. The van der Waals surface area contributed by atoms with Gasteiger partial charge in [-0.05, 0) is 18.2 Å². The van der Waals surface area contributed by atoms with Gasteiger partial charge < -0.3 is 10.0 Å². The highest BCUT2D eigenvalue weighted by molar-refractivity contribution is 7.89. The molecule has 0 aromatic heterocycles. The van der Waals surface area contributed by atoms with E-state index in [0.717, 1.165) is 9.99 Å². The quantitative estimate of drug-likeness (QED) is 0.842. The molecule has 0 atom stereocenters. The van der Waals surface area contributed by atoms with Crippen molar-refractivity contribution in [2.75, 3.05) is 32.6 Å². The van der Waals surface area contributed by atoms with Crippen LogP contribution in [0.25, 0.3) is 0 Å². The first kappa shape index (κ1) is 14.5. The SMILES string of the molecule is CN(C)c1cccc(S(=O)(=O)N(C)CC(=O)O)c1. The summed E-state index contributed by atoms with van der Waals surface area (Å²) in [6.45, 7) is -0.561. The van der Waals surface area contributed by atoms with Crippen LogP contribution in [-0.4, -0.2) is 51.5 Å². The normalized spacial score (nSPS) is 11.6. The lowest BCUT2D eigenvalue weighted by atomic mass is 10.3. The molecule has 0 unspecified atom stereocenters. The molecule has 1 rings (SSSR count). The maximum absolute atomic E-state index is 12.1. The van der Waals surface area contributed by atoms with Crippen LogP contribution < -0.4 is 4.90 Å². The van der Waals surface area contributed by atoms with Crippen molar-refractivity contribution in [3.05, 3.63) is 24.3 Å². The maximum atomic E-state index is 12.1. The van der Waals surface area contributed by atoms with E-state index in [9.17, 15) is 13.2 Å². The molecule has 18 heavy (non-hydrogen) atoms. The summed E-state index contributed by atoms with van der Waals surface area (Å²) in [4.78, 5) is 12.4. The van der Waals surface area contributed by atoms with Gasteiger partial charge in [0.1, 0.15) is 6.54 Å². The van der Waals surface area contributed by atoms with Crippen LogP contribution in [0.5, 0.6) is 0 Å². The summed E-state index contributed by atoms with van der Waals surface area (Å²) in [5.41, 5.74) is 0.736. The Labute approximate surface area is 106 Å². The fourth-order valence-corrected chi connectivity index (χ4v) is 2.54. The first-order valence-corrected chi connectivity index (χ1v) is 6.64. The van der Waals surface area contributed by atoms with Gasteiger partial charge >= 0.3 is 5.97 Å². The van der Waals surface area contributed by atoms with Crippen molar-refractivity contribution in [3.8, 4) is 0 Å². The van der Waals surface area contributed by atoms with Crippen molar-refractivity contribution in [1.29, 1.82) is 0 Å². The standard InChI is InChI=1S/C11H16N2O4S/c1-12(2)9-5-4-6-10(7-9)18(16,17)13(3)8-11(14)15/h4-7H,8H2,1-3H3,(H,14,15). The molecule has 0 saturated carbocycles. The summed E-state index contributed by atoms with van der Waals surface area (Å²) in [5.74, 6) is -1.19. The number of hydrogen-bond donors (Lipinski definition) is 1. The number of sulfonamides is 1. The summed E-state index contributed by atoms with van der Waals surface area (Å²) in [5, 5.41) is 8.62. The second-order valence-corrected chi connectivity index (χ2v) is 6.09. The number of carbonyl (C=O) groups is 1. The van der Waals surface area contributed by atoms with Crippen LogP contribution in [0.1, 0.15) is 0 Å². The third kappa shape index (κ3) is 3.21. The minimum absolute atomic E-state index is 0.0810. The molecule has 0 bridgehead atoms. The molecular weight excluding hydrogens is 256 g/mol. The van der Waals surface area contributed by atoms with Gasteiger partial charge in [0.15, 0.2) is 0 Å². The van der Waals surface area contributed by atoms with Gasteiger partial charge in [-0.2, -0.15) is 4.31 Å². The van der Waals surface area contributed by atoms with Gasteiger partial charge in [0.05, 0.1) is 4.90 Å². The predicted molar refractivity (Wildman–Crippen MR) is 68.2 cm³/mol. The Hall–Kier alpha value is -1.60. The van der Waals surface area contributed by atoms with E-state index in [0.29, 0.717) is 0 Å². The van der Waals surface area contributed by atoms with Crippen LogP contribution in [0.2, 0.25) is 0 Å². The molecule has 0 radical (unpaired) electrons. The average molecular weight is 272 g/mol. The number of anilines is 1. The highest BCUT2D eigenvalue weighted by Gasteiger charge is 2.23. The first-order chi connectivity index (χ1) is 8.25. The summed E-state index contributed by atoms with van der Waals surface area (Å²) >= 11 is 0. The summed E-state index contributed by atoms with van der Waals surface area (Å²) in [7, 11) is 1.07. The molecule has 6 nitrogen and oxygen atoms in total. The van der Waals surface area contributed by atoms with Crippen molar-refractivity contribution in [3.63, 3.8) is 0 Å². The van der Waals surface area contributed by atoms with Crippen LogP contribution in [-0.2, 0) is 14.8 Å². The lowest BCUT2D eigenvalue weighted by Crippen LogP contribution is -2.32. The number of hydrogen-bond acceptors (Lipinski definition) is 4. The Balaban J connectivity index is 3.12. The van der Waals surface area contributed by atoms with Gasteiger partial charge in [0, 0.05) is 26.8 Å². The Kier molecular flexibility index (Phi) is 4.31. The van der Waals surface area contributed by atoms with E-state index < -0.39 is 22.5 Å². The van der Waals surface area contributed by atoms with Gasteiger partial charge in [-0.15, -0.1) is 0 Å². The van der Waals surface area contributed by atoms with Crippen LogP contribution in [0, 0.1) is 0 Å². The van der Waals surface area contributed by atoms with E-state index in [1.54, 1.807) is 31.1 Å². The van der Waals surface area contributed by atoms with Gasteiger partial charge in [0.2, 0.25) is 10.0 Å². The molecule has 0 aliphatic rings. The zero-order valence-corrected chi connectivity index (χ0v) is 11.3. The topological polar surface area (TPSA) is 77.9 Å². The van der Waals surface area contributed by atoms with E-state index in [1.165, 1.54) is 19.2 Å². The monoisotopic (exact) mass is 272 g/mol. The van der Waals surface area contributed by atoms with Crippen LogP contribution in [0.3, 0.4) is 0 Å². The van der Waals surface area contributed by atoms with Gasteiger partial charge in [0.25, 0.3) is 0 Å². The number of likely N-dealkylation sites (N-methyl/N-ethyl adjacent to an activating group) is 1. The number of aliphatic carboxylic acids is 1. The first-order valence-electron chi connectivity index (χ1n) is 5.20. The van der Waals surface area contributed by atoms with E-state index in [-0.39, 0.29) is 4.90 Å². The van der Waals surface area contributed by atoms with Gasteiger partial charge in [-0.3, -0.25) is 4.79 Å². The number of rotatable bonds is 5. The largest absolute Gasteiger partial charge is 0.480 e. The minimum Gasteiger partial charge on any atom is -0.480 e. The number of benzene rings is 1. The van der Waals surface area contributed by atoms with Gasteiger partial charge in [-0.1, -0.05) is 6.07 Å². The van der Waals surface area contributed by atoms with Crippen LogP contribution in [0.4, 0.5) is 5.69 Å². The Morgan fingerprint density at radius 1 is 1.28 bits per heavy atom. The zero-order valence-electron chi connectivity index (χ0n) is 10.5. The molecule has 100 valence electrons. The van der Waals surface area contributed by atoms with Crippen molar-refractivity contribution < 1.29 is 18.3 Å². The Bertz CT molecular complexity index is 540. The highest BCUT2D eigenvalue weighted by atomic mass is 32.2. The molecule has 0 amide bonds. The average Bonchev–Trinajstić information content (AvgIpc) is 2.28. The third-order valence-corrected chi connectivity index (χ3v) is 4.20. The number of nitrogens with zero attached hydrogens (tertiary/aromatic N) is 2. The second-order valence-electron chi connectivity index (χ2n) is 4.05. The van der Waals surface area contributed by atoms with Crippen LogP contribution >= 0.6 is 0 Å². The van der Waals surface area contributed by atoms with Crippen molar-refractivity contribution in [1.82, 2.24) is 4.31 Å². The summed E-state index contributed by atoms with van der Waals surface area (Å²) < 4.78 is 25.0. The molecule has 0 saturated heterocycles. The molecule has 0 heterocycles. The van der Waals surface area contributed by atoms with E-state index >= 15 is 0 Å². The highest BCUT2D eigenvalue weighted by Crippen LogP contribution is 2.20. The van der Waals surface area contributed by atoms with E-state index in [4.69, 9.17) is 5.11 Å². The summed E-state index contributed by atoms with van der Waals surface area (Å²) in [6, 6.07) is 6.35. The molecule has 1 aromatic rings. The van der Waals surface area contributed by atoms with Crippen molar-refractivity contribution in [2.45, 2.75) is 4.90 Å². The Morgan fingerprint density at radius 2 is 1.89 bits per heavy atom. The predicted octanol–water partition coefficient (Wildman–Crippen LogP) is 0.458. The van der Waals surface area contributed by atoms with Gasteiger partial charge in [-0.25, -0.2) is 8.42 Å². The molecule has 0 aliphatic heterocycles. The smallest absolute Gasteiger partial charge is 0.318 e. The minimum atomic E-state index is -3.76. The molecule has 1 N–H and O–H groups in total. The molecule has 0 aliphatic carbocycles. The van der Waals surface area contributed by atoms with Crippen molar-refractivity contribution in [2.24, 2.45) is 0 Å². The number of carboxylic acid groups (broad SMARTS) is 1. The summed E-state index contributed by atoms with van der Waals surface area (Å²) in [6.07, 6.45) is 0. The fourth-order valence-electron chi connectivity index (χ4n) is 1.38. The van der Waals surface area contributed by atoms with Crippen molar-refractivity contribution >= 4 is 21.7 Å². The second kappa shape index (κ2) is 5.36. The molecule has 1 aromatic carbocycles. The Morgan fingerprint density at radius 3 is 2.39 bits per heavy atom. The maximum Gasteiger partial charge on any atom is 0.318 e. The van der Waals surface area contributed by atoms with Crippen LogP contribution in [0.15, 0.2) is 29.2 Å². The van der Waals surface area contributed by atoms with E-state index in [2.05, 4.69) is 0 Å². The van der Waals surface area contributed by atoms with E-state index in [1.807, 2.05) is 0 Å². The lowest BCUT2D eigenvalue weighted by Gasteiger charge is -2.17. The molecule has 7 heteroatoms. The zero-order chi connectivity index (χ0) is 13.9. The third-order valence-electron chi connectivity index (χ3n) is 2.40. The number of carboxylic acids is 1. The fraction of sp³-hybridized carbons (Fsp3) is 0.364.